The lowest BCUT2D eigenvalue weighted by molar-refractivity contribution is 0.279. The van der Waals surface area contributed by atoms with Gasteiger partial charge in [-0.2, -0.15) is 0 Å². The first-order valence-electron chi connectivity index (χ1n) is 8.66. The summed E-state index contributed by atoms with van der Waals surface area (Å²) in [6.07, 6.45) is 8.35. The fraction of sp³-hybridized carbons (Fsp3) is 0.684. The molecule has 0 radical (unpaired) electrons. The Morgan fingerprint density at radius 2 is 2.14 bits per heavy atom. The summed E-state index contributed by atoms with van der Waals surface area (Å²) in [5.74, 6) is 2.93. The topological polar surface area (TPSA) is 12.0 Å². The maximum atomic E-state index is 6.53. The van der Waals surface area contributed by atoms with Crippen LogP contribution in [0, 0.1) is 24.7 Å². The van der Waals surface area contributed by atoms with Crippen LogP contribution in [-0.2, 0) is 0 Å². The van der Waals surface area contributed by atoms with Crippen molar-refractivity contribution < 1.29 is 0 Å². The SMILES string of the molecule is CCCNC(CC1CC2CCC1C2)c1ccc(C)cc1Cl. The standard InChI is InChI=1S/C19H28ClN/c1-3-8-21-19(17-7-4-13(2)9-18(17)20)12-16-11-14-5-6-15(16)10-14/h4,7,9,14-16,19,21H,3,5-6,8,10-12H2,1-2H3. The van der Waals surface area contributed by atoms with Gasteiger partial charge in [-0.15, -0.1) is 0 Å². The van der Waals surface area contributed by atoms with Gasteiger partial charge in [-0.1, -0.05) is 37.1 Å². The summed E-state index contributed by atoms with van der Waals surface area (Å²) in [6, 6.07) is 6.97. The van der Waals surface area contributed by atoms with Crippen molar-refractivity contribution in [1.29, 1.82) is 0 Å². The summed E-state index contributed by atoms with van der Waals surface area (Å²) >= 11 is 6.53. The number of benzene rings is 1. The quantitative estimate of drug-likeness (QED) is 0.730. The molecule has 1 aromatic carbocycles. The molecule has 2 fully saturated rings. The van der Waals surface area contributed by atoms with Crippen molar-refractivity contribution in [3.8, 4) is 0 Å². The van der Waals surface area contributed by atoms with Gasteiger partial charge in [-0.05, 0) is 80.5 Å². The van der Waals surface area contributed by atoms with Gasteiger partial charge in [0.05, 0.1) is 0 Å². The zero-order valence-electron chi connectivity index (χ0n) is 13.4. The predicted molar refractivity (Wildman–Crippen MR) is 90.8 cm³/mol. The smallest absolute Gasteiger partial charge is 0.0456 e. The summed E-state index contributed by atoms with van der Waals surface area (Å²) in [6.45, 7) is 5.42. The highest BCUT2D eigenvalue weighted by Gasteiger charge is 2.40. The summed E-state index contributed by atoms with van der Waals surface area (Å²) in [4.78, 5) is 0. The minimum Gasteiger partial charge on any atom is -0.310 e. The zero-order chi connectivity index (χ0) is 14.8. The zero-order valence-corrected chi connectivity index (χ0v) is 14.1. The number of hydrogen-bond donors (Lipinski definition) is 1. The van der Waals surface area contributed by atoms with Crippen molar-refractivity contribution in [3.05, 3.63) is 34.3 Å². The van der Waals surface area contributed by atoms with E-state index < -0.39 is 0 Å². The first-order chi connectivity index (χ1) is 10.2. The van der Waals surface area contributed by atoms with Crippen molar-refractivity contribution in [3.63, 3.8) is 0 Å². The molecule has 2 aliphatic carbocycles. The molecule has 0 aromatic heterocycles. The summed E-state index contributed by atoms with van der Waals surface area (Å²) < 4.78 is 0. The molecule has 1 N–H and O–H groups in total. The minimum atomic E-state index is 0.433. The van der Waals surface area contributed by atoms with Crippen LogP contribution >= 0.6 is 11.6 Å². The Kier molecular flexibility index (Phi) is 4.91. The van der Waals surface area contributed by atoms with Gasteiger partial charge in [0.25, 0.3) is 0 Å². The van der Waals surface area contributed by atoms with Gasteiger partial charge in [-0.3, -0.25) is 0 Å². The highest BCUT2D eigenvalue weighted by atomic mass is 35.5. The molecule has 0 saturated heterocycles. The molecule has 116 valence electrons. The molecule has 0 heterocycles. The summed E-state index contributed by atoms with van der Waals surface area (Å²) in [5, 5.41) is 4.68. The Morgan fingerprint density at radius 1 is 1.29 bits per heavy atom. The monoisotopic (exact) mass is 305 g/mol. The second-order valence-corrected chi connectivity index (χ2v) is 7.61. The van der Waals surface area contributed by atoms with E-state index in [9.17, 15) is 0 Å². The third-order valence-corrected chi connectivity index (χ3v) is 5.92. The summed E-state index contributed by atoms with van der Waals surface area (Å²) in [7, 11) is 0. The van der Waals surface area contributed by atoms with Crippen molar-refractivity contribution in [2.45, 2.75) is 58.4 Å². The van der Waals surface area contributed by atoms with Crippen LogP contribution in [0.5, 0.6) is 0 Å². The Labute approximate surface area is 134 Å². The van der Waals surface area contributed by atoms with Gasteiger partial charge in [0, 0.05) is 11.1 Å². The number of fused-ring (bicyclic) bond motifs is 2. The van der Waals surface area contributed by atoms with E-state index in [1.807, 2.05) is 0 Å². The van der Waals surface area contributed by atoms with Crippen LogP contribution in [0.4, 0.5) is 0 Å². The van der Waals surface area contributed by atoms with Crippen molar-refractivity contribution in [1.82, 2.24) is 5.32 Å². The molecule has 1 nitrogen and oxygen atoms in total. The molecule has 2 heteroatoms. The number of nitrogens with one attached hydrogen (secondary N) is 1. The number of rotatable bonds is 6. The van der Waals surface area contributed by atoms with Crippen molar-refractivity contribution in [2.75, 3.05) is 6.54 Å². The van der Waals surface area contributed by atoms with E-state index in [0.29, 0.717) is 6.04 Å². The molecule has 4 unspecified atom stereocenters. The Hall–Kier alpha value is -0.530. The number of aryl methyl sites for hydroxylation is 1. The van der Waals surface area contributed by atoms with Gasteiger partial charge in [0.2, 0.25) is 0 Å². The van der Waals surface area contributed by atoms with Crippen molar-refractivity contribution in [2.24, 2.45) is 17.8 Å². The van der Waals surface area contributed by atoms with E-state index in [2.05, 4.69) is 37.4 Å². The maximum Gasteiger partial charge on any atom is 0.0456 e. The molecular formula is C19H28ClN. The molecule has 0 spiro atoms. The van der Waals surface area contributed by atoms with Crippen LogP contribution in [0.3, 0.4) is 0 Å². The molecule has 0 aliphatic heterocycles. The highest BCUT2D eigenvalue weighted by molar-refractivity contribution is 6.31. The third kappa shape index (κ3) is 3.46. The van der Waals surface area contributed by atoms with Crippen LogP contribution in [0.15, 0.2) is 18.2 Å². The molecule has 21 heavy (non-hydrogen) atoms. The second kappa shape index (κ2) is 6.71. The van der Waals surface area contributed by atoms with Crippen LogP contribution in [0.2, 0.25) is 5.02 Å². The first-order valence-corrected chi connectivity index (χ1v) is 9.04. The molecule has 2 saturated carbocycles. The Balaban J connectivity index is 1.74. The van der Waals surface area contributed by atoms with E-state index in [0.717, 1.165) is 29.3 Å². The van der Waals surface area contributed by atoms with E-state index in [1.165, 1.54) is 49.7 Å². The molecule has 3 rings (SSSR count). The van der Waals surface area contributed by atoms with Crippen LogP contribution < -0.4 is 5.32 Å². The summed E-state index contributed by atoms with van der Waals surface area (Å²) in [5.41, 5.74) is 2.55. The predicted octanol–water partition coefficient (Wildman–Crippen LogP) is 5.52. The van der Waals surface area contributed by atoms with Gasteiger partial charge in [0.15, 0.2) is 0 Å². The lowest BCUT2D eigenvalue weighted by Gasteiger charge is -2.28. The average Bonchev–Trinajstić information content (AvgIpc) is 3.06. The van der Waals surface area contributed by atoms with E-state index >= 15 is 0 Å². The molecule has 0 amide bonds. The van der Waals surface area contributed by atoms with Crippen LogP contribution in [0.25, 0.3) is 0 Å². The van der Waals surface area contributed by atoms with Crippen LogP contribution in [0.1, 0.15) is 62.6 Å². The van der Waals surface area contributed by atoms with Gasteiger partial charge < -0.3 is 5.32 Å². The Bertz CT molecular complexity index is 484. The van der Waals surface area contributed by atoms with E-state index in [1.54, 1.807) is 0 Å². The highest BCUT2D eigenvalue weighted by Crippen LogP contribution is 2.51. The van der Waals surface area contributed by atoms with Gasteiger partial charge in [0.1, 0.15) is 0 Å². The van der Waals surface area contributed by atoms with Gasteiger partial charge in [-0.25, -0.2) is 0 Å². The normalized spacial score (nSPS) is 29.0. The lowest BCUT2D eigenvalue weighted by Crippen LogP contribution is -2.26. The molecule has 2 aliphatic rings. The fourth-order valence-electron chi connectivity index (χ4n) is 4.52. The Morgan fingerprint density at radius 3 is 2.76 bits per heavy atom. The number of hydrogen-bond acceptors (Lipinski definition) is 1. The van der Waals surface area contributed by atoms with E-state index in [4.69, 9.17) is 11.6 Å². The molecule has 1 aromatic rings. The average molecular weight is 306 g/mol. The largest absolute Gasteiger partial charge is 0.310 e. The van der Waals surface area contributed by atoms with Crippen LogP contribution in [-0.4, -0.2) is 6.54 Å². The molecule has 4 atom stereocenters. The lowest BCUT2D eigenvalue weighted by atomic mass is 9.82. The van der Waals surface area contributed by atoms with E-state index in [-0.39, 0.29) is 0 Å². The second-order valence-electron chi connectivity index (χ2n) is 7.20. The third-order valence-electron chi connectivity index (χ3n) is 5.60. The number of halogens is 1. The maximum absolute atomic E-state index is 6.53. The van der Waals surface area contributed by atoms with Crippen molar-refractivity contribution >= 4 is 11.6 Å². The minimum absolute atomic E-state index is 0.433. The molecular weight excluding hydrogens is 278 g/mol. The fourth-order valence-corrected chi connectivity index (χ4v) is 4.89. The van der Waals surface area contributed by atoms with Gasteiger partial charge >= 0.3 is 0 Å². The first kappa shape index (κ1) is 15.4. The molecule has 2 bridgehead atoms.